The zero-order chi connectivity index (χ0) is 9.10. The highest BCUT2D eigenvalue weighted by Crippen LogP contribution is 2.24. The van der Waals surface area contributed by atoms with Gasteiger partial charge in [-0.05, 0) is 37.9 Å². The van der Waals surface area contributed by atoms with Crippen LogP contribution in [0.3, 0.4) is 0 Å². The van der Waals surface area contributed by atoms with Crippen molar-refractivity contribution in [3.05, 3.63) is 17.0 Å². The Hall–Kier alpha value is -0.440. The summed E-state index contributed by atoms with van der Waals surface area (Å²) >= 11 is 4.20. The first kappa shape index (κ1) is 9.13. The Morgan fingerprint density at radius 2 is 2.15 bits per heavy atom. The summed E-state index contributed by atoms with van der Waals surface area (Å²) in [6, 6.07) is 0. The molecule has 0 bridgehead atoms. The van der Waals surface area contributed by atoms with Crippen molar-refractivity contribution >= 4 is 12.6 Å². The summed E-state index contributed by atoms with van der Waals surface area (Å²) in [5.74, 6) is 2.07. The van der Waals surface area contributed by atoms with Crippen LogP contribution in [0.1, 0.15) is 36.3 Å². The quantitative estimate of drug-likeness (QED) is 0.753. The van der Waals surface area contributed by atoms with Crippen LogP contribution in [0.15, 0.2) is 4.52 Å². The number of rotatable bonds is 3. The van der Waals surface area contributed by atoms with Gasteiger partial charge in [0.2, 0.25) is 0 Å². The zero-order valence-corrected chi connectivity index (χ0v) is 8.65. The van der Waals surface area contributed by atoms with Crippen LogP contribution in [0, 0.1) is 0 Å². The number of fused-ring (bicyclic) bond motifs is 1. The summed E-state index contributed by atoms with van der Waals surface area (Å²) in [6.07, 6.45) is 6.94. The molecule has 0 spiro atoms. The van der Waals surface area contributed by atoms with Gasteiger partial charge in [-0.2, -0.15) is 12.6 Å². The maximum Gasteiger partial charge on any atom is 0.140 e. The normalized spacial score (nSPS) is 15.8. The Kier molecular flexibility index (Phi) is 2.94. The van der Waals surface area contributed by atoms with E-state index in [9.17, 15) is 0 Å². The molecule has 13 heavy (non-hydrogen) atoms. The molecule has 0 atom stereocenters. The van der Waals surface area contributed by atoms with Gasteiger partial charge in [0.05, 0.1) is 5.69 Å². The summed E-state index contributed by atoms with van der Waals surface area (Å²) in [5, 5.41) is 4.13. The highest BCUT2D eigenvalue weighted by atomic mass is 32.1. The molecule has 2 rings (SSSR count). The van der Waals surface area contributed by atoms with Crippen LogP contribution >= 0.6 is 12.6 Å². The fourth-order valence-electron chi connectivity index (χ4n) is 1.89. The lowest BCUT2D eigenvalue weighted by Crippen LogP contribution is -2.02. The van der Waals surface area contributed by atoms with Gasteiger partial charge in [0, 0.05) is 12.0 Å². The first-order chi connectivity index (χ1) is 6.42. The minimum atomic E-state index is 0.932. The predicted molar refractivity (Wildman–Crippen MR) is 55.3 cm³/mol. The van der Waals surface area contributed by atoms with E-state index in [-0.39, 0.29) is 0 Å². The summed E-state index contributed by atoms with van der Waals surface area (Å²) < 4.78 is 5.31. The van der Waals surface area contributed by atoms with Crippen LogP contribution in [-0.2, 0) is 19.3 Å². The van der Waals surface area contributed by atoms with E-state index in [0.29, 0.717) is 0 Å². The minimum Gasteiger partial charge on any atom is -0.361 e. The van der Waals surface area contributed by atoms with Crippen molar-refractivity contribution in [1.29, 1.82) is 0 Å². The molecular weight excluding hydrogens is 182 g/mol. The lowest BCUT2D eigenvalue weighted by atomic mass is 9.95. The summed E-state index contributed by atoms with van der Waals surface area (Å²) in [6.45, 7) is 0. The molecule has 0 saturated heterocycles. The Balaban J connectivity index is 2.12. The Morgan fingerprint density at radius 3 is 3.00 bits per heavy atom. The van der Waals surface area contributed by atoms with Crippen molar-refractivity contribution in [1.82, 2.24) is 5.16 Å². The van der Waals surface area contributed by atoms with E-state index < -0.39 is 0 Å². The second-order valence-electron chi connectivity index (χ2n) is 3.57. The van der Waals surface area contributed by atoms with E-state index in [0.717, 1.165) is 30.8 Å². The van der Waals surface area contributed by atoms with E-state index in [1.807, 2.05) is 0 Å². The number of aromatic nitrogens is 1. The van der Waals surface area contributed by atoms with E-state index >= 15 is 0 Å². The van der Waals surface area contributed by atoms with Crippen molar-refractivity contribution in [2.24, 2.45) is 0 Å². The third kappa shape index (κ3) is 1.90. The van der Waals surface area contributed by atoms with Gasteiger partial charge in [0.25, 0.3) is 0 Å². The topological polar surface area (TPSA) is 26.0 Å². The van der Waals surface area contributed by atoms with Gasteiger partial charge in [-0.15, -0.1) is 0 Å². The molecule has 0 aliphatic heterocycles. The highest BCUT2D eigenvalue weighted by Gasteiger charge is 2.18. The van der Waals surface area contributed by atoms with Gasteiger partial charge in [-0.1, -0.05) is 5.16 Å². The fourth-order valence-corrected chi connectivity index (χ4v) is 2.05. The van der Waals surface area contributed by atoms with Crippen LogP contribution in [0.25, 0.3) is 0 Å². The van der Waals surface area contributed by atoms with Crippen LogP contribution in [0.4, 0.5) is 0 Å². The van der Waals surface area contributed by atoms with Crippen LogP contribution in [-0.4, -0.2) is 10.9 Å². The van der Waals surface area contributed by atoms with Gasteiger partial charge < -0.3 is 4.52 Å². The lowest BCUT2D eigenvalue weighted by Gasteiger charge is -2.08. The summed E-state index contributed by atoms with van der Waals surface area (Å²) in [4.78, 5) is 0. The molecule has 3 heteroatoms. The van der Waals surface area contributed by atoms with Crippen molar-refractivity contribution in [2.45, 2.75) is 38.5 Å². The predicted octanol–water partition coefficient (Wildman–Crippen LogP) is 2.42. The molecule has 72 valence electrons. The Morgan fingerprint density at radius 1 is 1.31 bits per heavy atom. The SMILES string of the molecule is SCCCc1noc2c1CCCC2. The van der Waals surface area contributed by atoms with Crippen LogP contribution in [0.5, 0.6) is 0 Å². The maximum absolute atomic E-state index is 5.31. The van der Waals surface area contributed by atoms with Gasteiger partial charge in [0.15, 0.2) is 0 Å². The molecule has 0 amide bonds. The van der Waals surface area contributed by atoms with Crippen molar-refractivity contribution in [3.63, 3.8) is 0 Å². The second kappa shape index (κ2) is 4.18. The molecule has 0 N–H and O–H groups in total. The summed E-state index contributed by atoms with van der Waals surface area (Å²) in [7, 11) is 0. The van der Waals surface area contributed by atoms with Gasteiger partial charge >= 0.3 is 0 Å². The van der Waals surface area contributed by atoms with Crippen molar-refractivity contribution in [2.75, 3.05) is 5.75 Å². The molecule has 0 fully saturated rings. The van der Waals surface area contributed by atoms with Crippen molar-refractivity contribution < 1.29 is 4.52 Å². The summed E-state index contributed by atoms with van der Waals surface area (Å²) in [5.41, 5.74) is 2.58. The monoisotopic (exact) mass is 197 g/mol. The smallest absolute Gasteiger partial charge is 0.140 e. The molecule has 1 aliphatic carbocycles. The minimum absolute atomic E-state index is 0.932. The molecule has 1 aromatic rings. The molecule has 1 aliphatic rings. The number of nitrogens with zero attached hydrogens (tertiary/aromatic N) is 1. The van der Waals surface area contributed by atoms with E-state index in [4.69, 9.17) is 4.52 Å². The zero-order valence-electron chi connectivity index (χ0n) is 7.75. The molecular formula is C10H15NOS. The maximum atomic E-state index is 5.31. The second-order valence-corrected chi connectivity index (χ2v) is 4.01. The number of hydrogen-bond donors (Lipinski definition) is 1. The first-order valence-electron chi connectivity index (χ1n) is 4.99. The molecule has 0 unspecified atom stereocenters. The van der Waals surface area contributed by atoms with E-state index in [2.05, 4.69) is 17.8 Å². The standard InChI is InChI=1S/C10H15NOS/c13-7-3-5-9-8-4-1-2-6-10(8)12-11-9/h13H,1-7H2. The molecule has 1 aromatic heterocycles. The van der Waals surface area contributed by atoms with Crippen LogP contribution < -0.4 is 0 Å². The first-order valence-corrected chi connectivity index (χ1v) is 5.62. The average Bonchev–Trinajstić information content (AvgIpc) is 2.58. The lowest BCUT2D eigenvalue weighted by molar-refractivity contribution is 0.368. The molecule has 0 saturated carbocycles. The third-order valence-electron chi connectivity index (χ3n) is 2.60. The largest absolute Gasteiger partial charge is 0.361 e. The number of thiol groups is 1. The number of aryl methyl sites for hydroxylation is 2. The molecule has 1 heterocycles. The van der Waals surface area contributed by atoms with Crippen LogP contribution in [0.2, 0.25) is 0 Å². The fraction of sp³-hybridized carbons (Fsp3) is 0.700. The average molecular weight is 197 g/mol. The third-order valence-corrected chi connectivity index (χ3v) is 2.92. The van der Waals surface area contributed by atoms with Gasteiger partial charge in [-0.3, -0.25) is 0 Å². The van der Waals surface area contributed by atoms with E-state index in [1.54, 1.807) is 0 Å². The molecule has 0 radical (unpaired) electrons. The highest BCUT2D eigenvalue weighted by molar-refractivity contribution is 7.80. The van der Waals surface area contributed by atoms with Gasteiger partial charge in [0.1, 0.15) is 5.76 Å². The molecule has 2 nitrogen and oxygen atoms in total. The Bertz CT molecular complexity index is 282. The Labute approximate surface area is 84.1 Å². The van der Waals surface area contributed by atoms with Gasteiger partial charge in [-0.25, -0.2) is 0 Å². The molecule has 0 aromatic carbocycles. The van der Waals surface area contributed by atoms with Crippen molar-refractivity contribution in [3.8, 4) is 0 Å². The van der Waals surface area contributed by atoms with E-state index in [1.165, 1.54) is 30.5 Å². The number of hydrogen-bond acceptors (Lipinski definition) is 3.